The van der Waals surface area contributed by atoms with E-state index in [4.69, 9.17) is 9.47 Å². The molecule has 0 spiro atoms. The summed E-state index contributed by atoms with van der Waals surface area (Å²) in [6.45, 7) is 0.683. The van der Waals surface area contributed by atoms with Gasteiger partial charge in [0.05, 0.1) is 19.3 Å². The van der Waals surface area contributed by atoms with Crippen molar-refractivity contribution in [2.24, 2.45) is 0 Å². The zero-order chi connectivity index (χ0) is 15.8. The summed E-state index contributed by atoms with van der Waals surface area (Å²) in [4.78, 5) is 11.7. The first kappa shape index (κ1) is 15.6. The first-order valence-corrected chi connectivity index (χ1v) is 6.75. The minimum Gasteiger partial charge on any atom is -0.494 e. The fraction of sp³-hybridized carbons (Fsp3) is 0.188. The average Bonchev–Trinajstić information content (AvgIpc) is 2.54. The summed E-state index contributed by atoms with van der Waals surface area (Å²) < 4.78 is 23.5. The van der Waals surface area contributed by atoms with E-state index in [1.807, 2.05) is 30.3 Å². The van der Waals surface area contributed by atoms with Crippen LogP contribution in [0.5, 0.6) is 11.5 Å². The molecule has 22 heavy (non-hydrogen) atoms. The fourth-order valence-corrected chi connectivity index (χ4v) is 1.78. The lowest BCUT2D eigenvalue weighted by Crippen LogP contribution is -2.32. The third-order valence-electron chi connectivity index (χ3n) is 2.81. The van der Waals surface area contributed by atoms with Crippen LogP contribution in [0.4, 0.5) is 14.9 Å². The Morgan fingerprint density at radius 1 is 1.18 bits per heavy atom. The van der Waals surface area contributed by atoms with Gasteiger partial charge in [0, 0.05) is 6.07 Å². The van der Waals surface area contributed by atoms with Gasteiger partial charge in [0.25, 0.3) is 0 Å². The molecule has 2 aromatic rings. The second-order valence-corrected chi connectivity index (χ2v) is 4.39. The SMILES string of the molecule is COc1cc(F)ccc1NC(=O)NCCOc1ccccc1. The molecule has 6 heteroatoms. The standard InChI is InChI=1S/C16H17FN2O3/c1-21-15-11-12(17)7-8-14(15)19-16(20)18-9-10-22-13-5-3-2-4-6-13/h2-8,11H,9-10H2,1H3,(H2,18,19,20). The number of rotatable bonds is 6. The molecule has 2 rings (SSSR count). The second-order valence-electron chi connectivity index (χ2n) is 4.39. The van der Waals surface area contributed by atoms with Crippen LogP contribution in [0, 0.1) is 5.82 Å². The largest absolute Gasteiger partial charge is 0.494 e. The summed E-state index contributed by atoms with van der Waals surface area (Å²) in [7, 11) is 1.41. The van der Waals surface area contributed by atoms with E-state index >= 15 is 0 Å². The van der Waals surface area contributed by atoms with Crippen molar-refractivity contribution in [3.8, 4) is 11.5 Å². The highest BCUT2D eigenvalue weighted by Crippen LogP contribution is 2.24. The van der Waals surface area contributed by atoms with Crippen LogP contribution in [-0.4, -0.2) is 26.3 Å². The topological polar surface area (TPSA) is 59.6 Å². The minimum atomic E-state index is -0.431. The van der Waals surface area contributed by atoms with Crippen LogP contribution in [0.25, 0.3) is 0 Å². The van der Waals surface area contributed by atoms with Crippen molar-refractivity contribution in [3.05, 3.63) is 54.3 Å². The molecule has 2 N–H and O–H groups in total. The van der Waals surface area contributed by atoms with Crippen LogP contribution in [0.2, 0.25) is 0 Å². The van der Waals surface area contributed by atoms with Crippen LogP contribution in [0.15, 0.2) is 48.5 Å². The van der Waals surface area contributed by atoms with Gasteiger partial charge in [0.2, 0.25) is 0 Å². The summed E-state index contributed by atoms with van der Waals surface area (Å²) in [5.41, 5.74) is 0.394. The highest BCUT2D eigenvalue weighted by Gasteiger charge is 2.08. The molecule has 0 bridgehead atoms. The number of benzene rings is 2. The molecule has 0 atom stereocenters. The molecular weight excluding hydrogens is 287 g/mol. The van der Waals surface area contributed by atoms with Gasteiger partial charge in [-0.25, -0.2) is 9.18 Å². The number of halogens is 1. The van der Waals surface area contributed by atoms with Crippen molar-refractivity contribution in [1.82, 2.24) is 5.32 Å². The number of hydrogen-bond donors (Lipinski definition) is 2. The number of hydrogen-bond acceptors (Lipinski definition) is 3. The van der Waals surface area contributed by atoms with Gasteiger partial charge in [-0.3, -0.25) is 0 Å². The van der Waals surface area contributed by atoms with Gasteiger partial charge in [-0.05, 0) is 24.3 Å². The lowest BCUT2D eigenvalue weighted by Gasteiger charge is -2.11. The molecule has 0 saturated carbocycles. The van der Waals surface area contributed by atoms with E-state index in [2.05, 4.69) is 10.6 Å². The molecule has 0 fully saturated rings. The number of ether oxygens (including phenoxy) is 2. The molecule has 0 saturated heterocycles. The number of urea groups is 1. The van der Waals surface area contributed by atoms with Gasteiger partial charge in [0.15, 0.2) is 0 Å². The smallest absolute Gasteiger partial charge is 0.319 e. The Morgan fingerprint density at radius 2 is 1.95 bits per heavy atom. The minimum absolute atomic E-state index is 0.260. The molecule has 0 aliphatic heterocycles. The Kier molecular flexibility index (Phi) is 5.59. The molecule has 0 aliphatic rings. The van der Waals surface area contributed by atoms with E-state index in [1.165, 1.54) is 25.3 Å². The highest BCUT2D eigenvalue weighted by molar-refractivity contribution is 5.90. The van der Waals surface area contributed by atoms with Gasteiger partial charge >= 0.3 is 6.03 Å². The molecule has 5 nitrogen and oxygen atoms in total. The number of carbonyl (C=O) groups is 1. The van der Waals surface area contributed by atoms with Gasteiger partial charge < -0.3 is 20.1 Å². The number of carbonyl (C=O) groups excluding carboxylic acids is 1. The first-order chi connectivity index (χ1) is 10.7. The second kappa shape index (κ2) is 7.87. The summed E-state index contributed by atoms with van der Waals surface area (Å²) in [5.74, 6) is 0.569. The lowest BCUT2D eigenvalue weighted by atomic mass is 10.3. The lowest BCUT2D eigenvalue weighted by molar-refractivity contribution is 0.247. The normalized spacial score (nSPS) is 9.91. The predicted molar refractivity (Wildman–Crippen MR) is 81.9 cm³/mol. The van der Waals surface area contributed by atoms with Crippen molar-refractivity contribution in [2.45, 2.75) is 0 Å². The zero-order valence-corrected chi connectivity index (χ0v) is 12.1. The molecular formula is C16H17FN2O3. The van der Waals surface area contributed by atoms with E-state index in [0.29, 0.717) is 18.8 Å². The van der Waals surface area contributed by atoms with E-state index in [-0.39, 0.29) is 5.75 Å². The Bertz CT molecular complexity index is 620. The van der Waals surface area contributed by atoms with Gasteiger partial charge in [-0.1, -0.05) is 18.2 Å². The number of amides is 2. The average molecular weight is 304 g/mol. The zero-order valence-electron chi connectivity index (χ0n) is 12.1. The number of methoxy groups -OCH3 is 1. The third kappa shape index (κ3) is 4.66. The van der Waals surface area contributed by atoms with Crippen LogP contribution < -0.4 is 20.1 Å². The van der Waals surface area contributed by atoms with Crippen LogP contribution in [0.1, 0.15) is 0 Å². The van der Waals surface area contributed by atoms with Crippen LogP contribution in [0.3, 0.4) is 0 Å². The highest BCUT2D eigenvalue weighted by atomic mass is 19.1. The van der Waals surface area contributed by atoms with E-state index in [9.17, 15) is 9.18 Å². The molecule has 2 amide bonds. The van der Waals surface area contributed by atoms with Crippen molar-refractivity contribution in [3.63, 3.8) is 0 Å². The number of para-hydroxylation sites is 1. The van der Waals surface area contributed by atoms with Gasteiger partial charge in [-0.15, -0.1) is 0 Å². The number of nitrogens with one attached hydrogen (secondary N) is 2. The van der Waals surface area contributed by atoms with Crippen molar-refractivity contribution >= 4 is 11.7 Å². The van der Waals surface area contributed by atoms with Crippen molar-refractivity contribution in [1.29, 1.82) is 0 Å². The predicted octanol–water partition coefficient (Wildman–Crippen LogP) is 3.03. The van der Waals surface area contributed by atoms with Crippen LogP contribution >= 0.6 is 0 Å². The molecule has 116 valence electrons. The molecule has 0 heterocycles. The Morgan fingerprint density at radius 3 is 2.68 bits per heavy atom. The third-order valence-corrected chi connectivity index (χ3v) is 2.81. The first-order valence-electron chi connectivity index (χ1n) is 6.75. The van der Waals surface area contributed by atoms with Gasteiger partial charge in [0.1, 0.15) is 23.9 Å². The monoisotopic (exact) mass is 304 g/mol. The van der Waals surface area contributed by atoms with E-state index in [0.717, 1.165) is 5.75 Å². The summed E-state index contributed by atoms with van der Waals surface area (Å²) in [6.07, 6.45) is 0. The van der Waals surface area contributed by atoms with E-state index in [1.54, 1.807) is 0 Å². The van der Waals surface area contributed by atoms with Crippen molar-refractivity contribution in [2.75, 3.05) is 25.6 Å². The fourth-order valence-electron chi connectivity index (χ4n) is 1.78. The quantitative estimate of drug-likeness (QED) is 0.806. The molecule has 0 aliphatic carbocycles. The number of anilines is 1. The summed E-state index contributed by atoms with van der Waals surface area (Å²) >= 11 is 0. The van der Waals surface area contributed by atoms with Crippen LogP contribution in [-0.2, 0) is 0 Å². The maximum atomic E-state index is 13.1. The van der Waals surface area contributed by atoms with Gasteiger partial charge in [-0.2, -0.15) is 0 Å². The Hall–Kier alpha value is -2.76. The Labute approximate surface area is 128 Å². The Balaban J connectivity index is 1.76. The maximum absolute atomic E-state index is 13.1. The van der Waals surface area contributed by atoms with Crippen molar-refractivity contribution < 1.29 is 18.7 Å². The maximum Gasteiger partial charge on any atom is 0.319 e. The molecule has 2 aromatic carbocycles. The molecule has 0 radical (unpaired) electrons. The van der Waals surface area contributed by atoms with E-state index < -0.39 is 11.8 Å². The molecule has 0 unspecified atom stereocenters. The summed E-state index contributed by atoms with van der Waals surface area (Å²) in [6, 6.07) is 12.8. The summed E-state index contributed by atoms with van der Waals surface area (Å²) in [5, 5.41) is 5.23. The molecule has 0 aromatic heterocycles.